The first-order valence-corrected chi connectivity index (χ1v) is 12.4. The Hall–Kier alpha value is -5.10. The van der Waals surface area contributed by atoms with Crippen LogP contribution in [0.1, 0.15) is 0 Å². The number of anilines is 2. The molecule has 0 radical (unpaired) electrons. The Kier molecular flexibility index (Phi) is 5.29. The van der Waals surface area contributed by atoms with Crippen molar-refractivity contribution < 1.29 is 9.13 Å². The van der Waals surface area contributed by atoms with Crippen molar-refractivity contribution in [2.45, 2.75) is 0 Å². The maximum atomic E-state index is 13.6. The number of aromatic nitrogens is 2. The average Bonchev–Trinajstić information content (AvgIpc) is 3.58. The Labute approximate surface area is 219 Å². The lowest BCUT2D eigenvalue weighted by atomic mass is 10.1. The normalized spacial score (nSPS) is 13.1. The summed E-state index contributed by atoms with van der Waals surface area (Å²) in [7, 11) is 0. The number of fused-ring (bicyclic) bond motifs is 3. The van der Waals surface area contributed by atoms with Gasteiger partial charge in [0, 0.05) is 46.7 Å². The molecule has 0 spiro atoms. The summed E-state index contributed by atoms with van der Waals surface area (Å²) in [6.07, 6.45) is 5.40. The molecule has 3 heterocycles. The predicted octanol–water partition coefficient (Wildman–Crippen LogP) is 7.87. The van der Waals surface area contributed by atoms with Crippen molar-refractivity contribution in [2.75, 3.05) is 16.5 Å². The Bertz CT molecular complexity index is 1790. The van der Waals surface area contributed by atoms with Crippen LogP contribution in [0.4, 0.5) is 15.8 Å². The van der Waals surface area contributed by atoms with Gasteiger partial charge in [0.25, 0.3) is 0 Å². The maximum Gasteiger partial charge on any atom is 0.141 e. The number of ether oxygens (including phenoxy) is 1. The van der Waals surface area contributed by atoms with Crippen LogP contribution in [0.25, 0.3) is 27.6 Å². The van der Waals surface area contributed by atoms with Gasteiger partial charge in [-0.05, 0) is 54.6 Å². The Morgan fingerprint density at radius 3 is 2.21 bits per heavy atom. The first kappa shape index (κ1) is 22.1. The maximum absolute atomic E-state index is 13.6. The molecule has 5 nitrogen and oxygen atoms in total. The number of halogens is 1. The van der Waals surface area contributed by atoms with E-state index >= 15 is 0 Å². The summed E-state index contributed by atoms with van der Waals surface area (Å²) in [6, 6.07) is 35.7. The van der Waals surface area contributed by atoms with Gasteiger partial charge in [0.05, 0.1) is 23.9 Å². The molecule has 0 unspecified atom stereocenters. The molecule has 38 heavy (non-hydrogen) atoms. The van der Waals surface area contributed by atoms with Crippen LogP contribution in [0, 0.1) is 5.82 Å². The second-order valence-corrected chi connectivity index (χ2v) is 9.18. The Morgan fingerprint density at radius 1 is 0.632 bits per heavy atom. The SMILES string of the molecule is Fc1ccc(-n2c3ccccc3c3ccc(Oc4cccc(N5C=CN(c6ccccc6)C5)c4)cc32)nc1. The molecule has 0 amide bonds. The van der Waals surface area contributed by atoms with Crippen LogP contribution in [-0.2, 0) is 0 Å². The largest absolute Gasteiger partial charge is 0.457 e. The lowest BCUT2D eigenvalue weighted by molar-refractivity contribution is 0.483. The number of hydrogen-bond acceptors (Lipinski definition) is 4. The number of pyridine rings is 1. The van der Waals surface area contributed by atoms with Crippen LogP contribution < -0.4 is 14.5 Å². The van der Waals surface area contributed by atoms with Gasteiger partial charge in [-0.2, -0.15) is 0 Å². The quantitative estimate of drug-likeness (QED) is 0.242. The monoisotopic (exact) mass is 498 g/mol. The minimum atomic E-state index is -0.363. The first-order valence-electron chi connectivity index (χ1n) is 12.4. The van der Waals surface area contributed by atoms with E-state index in [4.69, 9.17) is 4.74 Å². The van der Waals surface area contributed by atoms with E-state index in [1.807, 2.05) is 71.3 Å². The lowest BCUT2D eigenvalue weighted by Crippen LogP contribution is -2.24. The fourth-order valence-corrected chi connectivity index (χ4v) is 5.00. The van der Waals surface area contributed by atoms with Gasteiger partial charge in [-0.15, -0.1) is 0 Å². The summed E-state index contributed by atoms with van der Waals surface area (Å²) in [6.45, 7) is 0.726. The highest BCUT2D eigenvalue weighted by molar-refractivity contribution is 6.09. The van der Waals surface area contributed by atoms with Crippen LogP contribution in [0.5, 0.6) is 11.5 Å². The molecule has 0 fully saturated rings. The zero-order valence-corrected chi connectivity index (χ0v) is 20.4. The summed E-state index contributed by atoms with van der Waals surface area (Å²) in [5.74, 6) is 1.75. The van der Waals surface area contributed by atoms with E-state index in [1.165, 1.54) is 12.3 Å². The van der Waals surface area contributed by atoms with Crippen molar-refractivity contribution >= 4 is 33.2 Å². The number of nitrogens with zero attached hydrogens (tertiary/aromatic N) is 4. The van der Waals surface area contributed by atoms with Crippen molar-refractivity contribution in [3.8, 4) is 17.3 Å². The van der Waals surface area contributed by atoms with Crippen LogP contribution >= 0.6 is 0 Å². The van der Waals surface area contributed by atoms with Gasteiger partial charge in [0.15, 0.2) is 0 Å². The van der Waals surface area contributed by atoms with E-state index < -0.39 is 0 Å². The summed E-state index contributed by atoms with van der Waals surface area (Å²) in [5, 5.41) is 2.18. The molecule has 0 aliphatic carbocycles. The number of benzene rings is 4. The second-order valence-electron chi connectivity index (χ2n) is 9.18. The van der Waals surface area contributed by atoms with Gasteiger partial charge >= 0.3 is 0 Å². The molecule has 0 bridgehead atoms. The molecular formula is C32H23FN4O. The summed E-state index contributed by atoms with van der Waals surface area (Å²) >= 11 is 0. The number of para-hydroxylation sites is 2. The zero-order chi connectivity index (χ0) is 25.5. The third-order valence-corrected chi connectivity index (χ3v) is 6.79. The zero-order valence-electron chi connectivity index (χ0n) is 20.4. The molecule has 7 rings (SSSR count). The van der Waals surface area contributed by atoms with E-state index in [-0.39, 0.29) is 5.82 Å². The molecule has 1 aliphatic heterocycles. The van der Waals surface area contributed by atoms with E-state index in [2.05, 4.69) is 57.5 Å². The second kappa shape index (κ2) is 9.09. The molecule has 1 aliphatic rings. The third-order valence-electron chi connectivity index (χ3n) is 6.79. The Balaban J connectivity index is 1.21. The molecule has 184 valence electrons. The van der Waals surface area contributed by atoms with Gasteiger partial charge in [-0.3, -0.25) is 4.57 Å². The van der Waals surface area contributed by atoms with Crippen molar-refractivity contribution in [1.29, 1.82) is 0 Å². The molecule has 0 atom stereocenters. The predicted molar refractivity (Wildman–Crippen MR) is 150 cm³/mol. The van der Waals surface area contributed by atoms with Gasteiger partial charge in [0.1, 0.15) is 23.1 Å². The average molecular weight is 499 g/mol. The van der Waals surface area contributed by atoms with Gasteiger partial charge in [-0.1, -0.05) is 42.5 Å². The van der Waals surface area contributed by atoms with Crippen molar-refractivity contribution in [3.63, 3.8) is 0 Å². The van der Waals surface area contributed by atoms with Crippen LogP contribution in [0.15, 0.2) is 128 Å². The van der Waals surface area contributed by atoms with E-state index in [9.17, 15) is 4.39 Å². The van der Waals surface area contributed by atoms with Crippen molar-refractivity contribution in [1.82, 2.24) is 9.55 Å². The van der Waals surface area contributed by atoms with Crippen molar-refractivity contribution in [2.24, 2.45) is 0 Å². The first-order chi connectivity index (χ1) is 18.7. The Morgan fingerprint density at radius 2 is 1.37 bits per heavy atom. The van der Waals surface area contributed by atoms with Gasteiger partial charge in [0.2, 0.25) is 0 Å². The molecule has 2 aromatic heterocycles. The van der Waals surface area contributed by atoms with Crippen LogP contribution in [0.2, 0.25) is 0 Å². The molecule has 4 aromatic carbocycles. The summed E-state index contributed by atoms with van der Waals surface area (Å²) < 4.78 is 22.0. The highest BCUT2D eigenvalue weighted by Gasteiger charge is 2.17. The van der Waals surface area contributed by atoms with Crippen LogP contribution in [-0.4, -0.2) is 16.2 Å². The van der Waals surface area contributed by atoms with E-state index in [1.54, 1.807) is 6.07 Å². The van der Waals surface area contributed by atoms with Gasteiger partial charge < -0.3 is 14.5 Å². The highest BCUT2D eigenvalue weighted by atomic mass is 19.1. The van der Waals surface area contributed by atoms with Gasteiger partial charge in [-0.25, -0.2) is 9.37 Å². The lowest BCUT2D eigenvalue weighted by Gasteiger charge is -2.22. The molecule has 6 aromatic rings. The molecular weight excluding hydrogens is 475 g/mol. The molecule has 0 saturated heterocycles. The fourth-order valence-electron chi connectivity index (χ4n) is 5.00. The third kappa shape index (κ3) is 3.92. The van der Waals surface area contributed by atoms with E-state index in [0.29, 0.717) is 11.6 Å². The standard InChI is InChI=1S/C32H23FN4O/c33-23-13-16-32(34-21-23)37-30-12-5-4-11-28(30)29-15-14-27(20-31(29)37)38-26-10-6-9-25(19-26)36-18-17-35(22-36)24-7-2-1-3-8-24/h1-21H,22H2. The number of rotatable bonds is 5. The smallest absolute Gasteiger partial charge is 0.141 e. The topological polar surface area (TPSA) is 33.5 Å². The molecule has 0 saturated carbocycles. The van der Waals surface area contributed by atoms with E-state index in [0.717, 1.165) is 45.6 Å². The highest BCUT2D eigenvalue weighted by Crippen LogP contribution is 2.35. The molecule has 0 N–H and O–H groups in total. The number of hydrogen-bond donors (Lipinski definition) is 0. The van der Waals surface area contributed by atoms with Crippen LogP contribution in [0.3, 0.4) is 0 Å². The summed E-state index contributed by atoms with van der Waals surface area (Å²) in [4.78, 5) is 8.73. The molecule has 6 heteroatoms. The fraction of sp³-hybridized carbons (Fsp3) is 0.0312. The minimum Gasteiger partial charge on any atom is -0.457 e. The summed E-state index contributed by atoms with van der Waals surface area (Å²) in [5.41, 5.74) is 4.14. The minimum absolute atomic E-state index is 0.363. The van der Waals surface area contributed by atoms with Crippen molar-refractivity contribution in [3.05, 3.63) is 134 Å².